The van der Waals surface area contributed by atoms with E-state index < -0.39 is 6.04 Å². The standard InChI is InChI=1S/C17H24N4O3S/c1-19-14(12-4-2-3-7-20(12)17(19)24)16(23)21-10-25-9-13(21)15(22)18-8-11-5-6-11/h11,13H,2-10H2,1H3,(H,18,22). The van der Waals surface area contributed by atoms with Crippen LogP contribution in [0, 0.1) is 5.92 Å². The molecule has 1 atom stereocenters. The van der Waals surface area contributed by atoms with E-state index in [9.17, 15) is 14.4 Å². The van der Waals surface area contributed by atoms with Gasteiger partial charge in [0.25, 0.3) is 5.91 Å². The first-order chi connectivity index (χ1) is 12.1. The third kappa shape index (κ3) is 3.01. The van der Waals surface area contributed by atoms with Gasteiger partial charge in [-0.05, 0) is 38.0 Å². The van der Waals surface area contributed by atoms with Gasteiger partial charge in [-0.1, -0.05) is 0 Å². The molecule has 136 valence electrons. The average molecular weight is 364 g/mol. The zero-order valence-electron chi connectivity index (χ0n) is 14.5. The molecule has 1 saturated carbocycles. The number of rotatable bonds is 4. The molecule has 1 aromatic rings. The number of hydrogen-bond donors (Lipinski definition) is 1. The molecule has 1 unspecified atom stereocenters. The summed E-state index contributed by atoms with van der Waals surface area (Å²) in [6.07, 6.45) is 5.07. The van der Waals surface area contributed by atoms with Crippen molar-refractivity contribution in [1.29, 1.82) is 0 Å². The number of imidazole rings is 1. The second kappa shape index (κ2) is 6.55. The largest absolute Gasteiger partial charge is 0.354 e. The molecule has 3 heterocycles. The van der Waals surface area contributed by atoms with E-state index in [-0.39, 0.29) is 17.5 Å². The number of amides is 2. The van der Waals surface area contributed by atoms with Crippen LogP contribution in [0.2, 0.25) is 0 Å². The Hall–Kier alpha value is -1.70. The van der Waals surface area contributed by atoms with Gasteiger partial charge in [0.1, 0.15) is 11.7 Å². The number of carbonyl (C=O) groups excluding carboxylic acids is 2. The summed E-state index contributed by atoms with van der Waals surface area (Å²) in [5.41, 5.74) is 1.17. The predicted molar refractivity (Wildman–Crippen MR) is 95.6 cm³/mol. The molecule has 25 heavy (non-hydrogen) atoms. The normalized spacial score (nSPS) is 22.8. The topological polar surface area (TPSA) is 76.3 Å². The van der Waals surface area contributed by atoms with Gasteiger partial charge in [-0.25, -0.2) is 4.79 Å². The maximum Gasteiger partial charge on any atom is 0.328 e. The maximum absolute atomic E-state index is 13.2. The van der Waals surface area contributed by atoms with Crippen LogP contribution in [-0.2, 0) is 24.8 Å². The van der Waals surface area contributed by atoms with E-state index in [2.05, 4.69) is 5.32 Å². The van der Waals surface area contributed by atoms with E-state index in [1.807, 2.05) is 0 Å². The van der Waals surface area contributed by atoms with Gasteiger partial charge in [-0.15, -0.1) is 11.8 Å². The van der Waals surface area contributed by atoms with E-state index >= 15 is 0 Å². The first-order valence-corrected chi connectivity index (χ1v) is 10.2. The fourth-order valence-corrected chi connectivity index (χ4v) is 4.86. The minimum atomic E-state index is -0.439. The molecule has 0 radical (unpaired) electrons. The highest BCUT2D eigenvalue weighted by molar-refractivity contribution is 7.99. The fraction of sp³-hybridized carbons (Fsp3) is 0.706. The van der Waals surface area contributed by atoms with Crippen LogP contribution in [0.3, 0.4) is 0 Å². The second-order valence-corrected chi connectivity index (χ2v) is 8.22. The SMILES string of the molecule is Cn1c(C(=O)N2CSCC2C(=O)NCC2CC2)c2n(c1=O)CCCC2. The minimum Gasteiger partial charge on any atom is -0.354 e. The Morgan fingerprint density at radius 3 is 2.84 bits per heavy atom. The van der Waals surface area contributed by atoms with Crippen molar-refractivity contribution in [1.82, 2.24) is 19.4 Å². The summed E-state index contributed by atoms with van der Waals surface area (Å²) >= 11 is 1.59. The molecule has 1 aliphatic carbocycles. The van der Waals surface area contributed by atoms with Gasteiger partial charge >= 0.3 is 5.69 Å². The van der Waals surface area contributed by atoms with Crippen molar-refractivity contribution in [2.24, 2.45) is 13.0 Å². The summed E-state index contributed by atoms with van der Waals surface area (Å²) in [5.74, 6) is 1.47. The number of thioether (sulfide) groups is 1. The highest BCUT2D eigenvalue weighted by atomic mass is 32.2. The van der Waals surface area contributed by atoms with Gasteiger partial charge in [0.15, 0.2) is 0 Å². The first kappa shape index (κ1) is 16.8. The average Bonchev–Trinajstić information content (AvgIpc) is 3.25. The summed E-state index contributed by atoms with van der Waals surface area (Å²) in [6, 6.07) is -0.439. The van der Waals surface area contributed by atoms with Crippen LogP contribution in [0.1, 0.15) is 41.9 Å². The molecular weight excluding hydrogens is 340 g/mol. The quantitative estimate of drug-likeness (QED) is 0.847. The van der Waals surface area contributed by atoms with E-state index in [1.54, 1.807) is 28.3 Å². The van der Waals surface area contributed by atoms with E-state index in [0.29, 0.717) is 36.3 Å². The van der Waals surface area contributed by atoms with Gasteiger partial charge in [0.05, 0.1) is 11.6 Å². The molecular formula is C17H24N4O3S. The monoisotopic (exact) mass is 364 g/mol. The lowest BCUT2D eigenvalue weighted by molar-refractivity contribution is -0.124. The van der Waals surface area contributed by atoms with Crippen LogP contribution in [0.4, 0.5) is 0 Å². The van der Waals surface area contributed by atoms with E-state index in [0.717, 1.165) is 25.0 Å². The molecule has 2 amide bonds. The number of hydrogen-bond acceptors (Lipinski definition) is 4. The van der Waals surface area contributed by atoms with Gasteiger partial charge in [0, 0.05) is 25.9 Å². The lowest BCUT2D eigenvalue weighted by Crippen LogP contribution is -2.48. The number of nitrogens with one attached hydrogen (secondary N) is 1. The molecule has 1 aromatic heterocycles. The highest BCUT2D eigenvalue weighted by Gasteiger charge is 2.38. The van der Waals surface area contributed by atoms with Gasteiger partial charge < -0.3 is 10.2 Å². The van der Waals surface area contributed by atoms with Crippen LogP contribution < -0.4 is 11.0 Å². The zero-order valence-corrected chi connectivity index (χ0v) is 15.3. The summed E-state index contributed by atoms with van der Waals surface area (Å²) < 4.78 is 3.19. The Morgan fingerprint density at radius 2 is 2.08 bits per heavy atom. The molecule has 4 rings (SSSR count). The van der Waals surface area contributed by atoms with E-state index in [1.165, 1.54) is 17.4 Å². The van der Waals surface area contributed by atoms with Crippen molar-refractivity contribution in [3.05, 3.63) is 21.9 Å². The molecule has 7 nitrogen and oxygen atoms in total. The van der Waals surface area contributed by atoms with Crippen molar-refractivity contribution < 1.29 is 9.59 Å². The first-order valence-electron chi connectivity index (χ1n) is 9.02. The summed E-state index contributed by atoms with van der Waals surface area (Å²) in [6.45, 7) is 1.39. The number of nitrogens with zero attached hydrogens (tertiary/aromatic N) is 3. The molecule has 2 fully saturated rings. The molecule has 8 heteroatoms. The van der Waals surface area contributed by atoms with Gasteiger partial charge in [-0.3, -0.25) is 18.7 Å². The molecule has 0 spiro atoms. The van der Waals surface area contributed by atoms with Crippen molar-refractivity contribution in [3.63, 3.8) is 0 Å². The third-order valence-corrected chi connectivity index (χ3v) is 6.42. The zero-order chi connectivity index (χ0) is 17.6. The second-order valence-electron chi connectivity index (χ2n) is 7.22. The Morgan fingerprint density at radius 1 is 1.28 bits per heavy atom. The Bertz CT molecular complexity index is 765. The summed E-state index contributed by atoms with van der Waals surface area (Å²) in [5, 5.41) is 2.99. The van der Waals surface area contributed by atoms with Gasteiger partial charge in [-0.2, -0.15) is 0 Å². The third-order valence-electron chi connectivity index (χ3n) is 5.41. The van der Waals surface area contributed by atoms with Gasteiger partial charge in [0.2, 0.25) is 5.91 Å². The van der Waals surface area contributed by atoms with Crippen molar-refractivity contribution in [3.8, 4) is 0 Å². The highest BCUT2D eigenvalue weighted by Crippen LogP contribution is 2.29. The summed E-state index contributed by atoms with van der Waals surface area (Å²) in [7, 11) is 1.66. The predicted octanol–water partition coefficient (Wildman–Crippen LogP) is 0.564. The lowest BCUT2D eigenvalue weighted by Gasteiger charge is -2.24. The van der Waals surface area contributed by atoms with Crippen molar-refractivity contribution in [2.75, 3.05) is 18.2 Å². The molecule has 2 aliphatic heterocycles. The molecule has 0 bridgehead atoms. The fourth-order valence-electron chi connectivity index (χ4n) is 3.71. The Kier molecular flexibility index (Phi) is 4.39. The summed E-state index contributed by atoms with van der Waals surface area (Å²) in [4.78, 5) is 39.7. The minimum absolute atomic E-state index is 0.0664. The van der Waals surface area contributed by atoms with Crippen LogP contribution in [0.5, 0.6) is 0 Å². The lowest BCUT2D eigenvalue weighted by atomic mass is 10.1. The van der Waals surface area contributed by atoms with Crippen LogP contribution >= 0.6 is 11.8 Å². The van der Waals surface area contributed by atoms with Crippen molar-refractivity contribution in [2.45, 2.75) is 44.7 Å². The smallest absolute Gasteiger partial charge is 0.328 e. The number of aromatic nitrogens is 2. The molecule has 1 N–H and O–H groups in total. The molecule has 1 saturated heterocycles. The van der Waals surface area contributed by atoms with Crippen molar-refractivity contribution >= 4 is 23.6 Å². The number of fused-ring (bicyclic) bond motifs is 1. The van der Waals surface area contributed by atoms with Crippen LogP contribution in [-0.4, -0.2) is 50.1 Å². The van der Waals surface area contributed by atoms with E-state index in [4.69, 9.17) is 0 Å². The van der Waals surface area contributed by atoms with Crippen LogP contribution in [0.15, 0.2) is 4.79 Å². The maximum atomic E-state index is 13.2. The molecule has 3 aliphatic rings. The Labute approximate surface area is 150 Å². The number of carbonyl (C=O) groups is 2. The molecule has 0 aromatic carbocycles. The Balaban J connectivity index is 1.57. The van der Waals surface area contributed by atoms with Crippen LogP contribution in [0.25, 0.3) is 0 Å².